The van der Waals surface area contributed by atoms with Gasteiger partial charge in [0, 0.05) is 23.8 Å². The number of aromatic nitrogens is 2. The lowest BCUT2D eigenvalue weighted by Crippen LogP contribution is -2.26. The second-order valence-corrected chi connectivity index (χ2v) is 9.87. The van der Waals surface area contributed by atoms with Gasteiger partial charge in [0.15, 0.2) is 9.84 Å². The number of hydrogen-bond acceptors (Lipinski definition) is 4. The molecule has 0 radical (unpaired) electrons. The Balaban J connectivity index is 1.88. The topological polar surface area (TPSA) is 69.0 Å². The van der Waals surface area contributed by atoms with Crippen LogP contribution >= 0.6 is 11.6 Å². The van der Waals surface area contributed by atoms with Crippen LogP contribution in [-0.2, 0) is 16.3 Å². The lowest BCUT2D eigenvalue weighted by atomic mass is 9.97. The molecule has 0 aliphatic rings. The molecular weight excluding hydrogens is 470 g/mol. The molecule has 168 valence electrons. The first-order valence-electron chi connectivity index (χ1n) is 9.75. The maximum atomic E-state index is 13.6. The number of benzene rings is 3. The molecule has 0 atom stereocenters. The first-order chi connectivity index (χ1) is 15.6. The van der Waals surface area contributed by atoms with Crippen LogP contribution in [0.25, 0.3) is 16.8 Å². The van der Waals surface area contributed by atoms with Gasteiger partial charge in [0.2, 0.25) is 0 Å². The maximum absolute atomic E-state index is 13.6. The van der Waals surface area contributed by atoms with Gasteiger partial charge in [-0.3, -0.25) is 4.79 Å². The van der Waals surface area contributed by atoms with Crippen molar-refractivity contribution in [1.82, 2.24) is 9.78 Å². The quantitative estimate of drug-likeness (QED) is 0.405. The van der Waals surface area contributed by atoms with Crippen molar-refractivity contribution in [1.29, 1.82) is 0 Å². The first-order valence-corrected chi connectivity index (χ1v) is 12.0. The molecule has 1 heterocycles. The third-order valence-electron chi connectivity index (χ3n) is 5.11. The van der Waals surface area contributed by atoms with E-state index in [0.29, 0.717) is 22.3 Å². The van der Waals surface area contributed by atoms with Gasteiger partial charge < -0.3 is 0 Å². The van der Waals surface area contributed by atoms with E-state index >= 15 is 0 Å². The van der Waals surface area contributed by atoms with Gasteiger partial charge in [-0.25, -0.2) is 17.2 Å². The van der Waals surface area contributed by atoms with Gasteiger partial charge in [0.05, 0.1) is 21.8 Å². The fourth-order valence-electron chi connectivity index (χ4n) is 3.40. The Morgan fingerprint density at radius 1 is 0.970 bits per heavy atom. The Bertz CT molecular complexity index is 1500. The zero-order valence-corrected chi connectivity index (χ0v) is 18.9. The van der Waals surface area contributed by atoms with Crippen molar-refractivity contribution in [3.63, 3.8) is 0 Å². The van der Waals surface area contributed by atoms with Crippen molar-refractivity contribution in [2.45, 2.75) is 11.3 Å². The Morgan fingerprint density at radius 3 is 2.24 bits per heavy atom. The van der Waals surface area contributed by atoms with Crippen molar-refractivity contribution < 1.29 is 17.2 Å². The molecule has 5 nitrogen and oxygen atoms in total. The summed E-state index contributed by atoms with van der Waals surface area (Å²) in [5.41, 5.74) is 1.95. The van der Waals surface area contributed by atoms with Gasteiger partial charge in [-0.15, -0.1) is 0 Å². The molecule has 0 unspecified atom stereocenters. The van der Waals surface area contributed by atoms with Crippen LogP contribution in [0.1, 0.15) is 11.1 Å². The van der Waals surface area contributed by atoms with E-state index in [1.54, 1.807) is 24.3 Å². The molecule has 1 aromatic heterocycles. The molecule has 9 heteroatoms. The van der Waals surface area contributed by atoms with Crippen LogP contribution in [0.4, 0.5) is 8.78 Å². The van der Waals surface area contributed by atoms with E-state index in [4.69, 9.17) is 11.6 Å². The van der Waals surface area contributed by atoms with E-state index in [1.165, 1.54) is 42.6 Å². The number of sulfone groups is 1. The summed E-state index contributed by atoms with van der Waals surface area (Å²) in [7, 11) is -3.38. The molecule has 0 amide bonds. The van der Waals surface area contributed by atoms with Gasteiger partial charge in [-0.05, 0) is 53.6 Å². The standard InChI is InChI=1S/C24H17ClF2N2O3S/c1-33(31,32)19-9-4-16(5-10-19)21-14-28-29(18-8-11-23(27)22(25)13-18)24(30)20(21)12-15-2-6-17(26)7-3-15/h2-11,13-14H,12H2,1H3. The number of halogens is 3. The summed E-state index contributed by atoms with van der Waals surface area (Å²) in [6.45, 7) is 0. The number of nitrogens with zero attached hydrogens (tertiary/aromatic N) is 2. The highest BCUT2D eigenvalue weighted by Gasteiger charge is 2.17. The van der Waals surface area contributed by atoms with Crippen molar-refractivity contribution in [2.75, 3.05) is 6.26 Å². The molecule has 4 aromatic rings. The predicted octanol–water partition coefficient (Wildman–Crippen LogP) is 4.83. The Hall–Kier alpha value is -3.36. The van der Waals surface area contributed by atoms with Crippen LogP contribution < -0.4 is 5.56 Å². The molecule has 0 aliphatic heterocycles. The van der Waals surface area contributed by atoms with E-state index in [-0.39, 0.29) is 22.0 Å². The minimum absolute atomic E-state index is 0.147. The van der Waals surface area contributed by atoms with Gasteiger partial charge in [-0.2, -0.15) is 9.78 Å². The van der Waals surface area contributed by atoms with E-state index in [9.17, 15) is 22.0 Å². The third-order valence-corrected chi connectivity index (χ3v) is 6.53. The average molecular weight is 487 g/mol. The monoisotopic (exact) mass is 486 g/mol. The summed E-state index contributed by atoms with van der Waals surface area (Å²) in [4.78, 5) is 13.6. The van der Waals surface area contributed by atoms with E-state index in [0.717, 1.165) is 17.0 Å². The fourth-order valence-corrected chi connectivity index (χ4v) is 4.20. The predicted molar refractivity (Wildman–Crippen MR) is 123 cm³/mol. The summed E-state index contributed by atoms with van der Waals surface area (Å²) in [5, 5.41) is 4.08. The highest BCUT2D eigenvalue weighted by Crippen LogP contribution is 2.26. The largest absolute Gasteiger partial charge is 0.275 e. The van der Waals surface area contributed by atoms with Crippen LogP contribution in [0.5, 0.6) is 0 Å². The second-order valence-electron chi connectivity index (χ2n) is 7.45. The van der Waals surface area contributed by atoms with Crippen LogP contribution in [0, 0.1) is 11.6 Å². The Kier molecular flexibility index (Phi) is 6.14. The highest BCUT2D eigenvalue weighted by atomic mass is 35.5. The van der Waals surface area contributed by atoms with E-state index < -0.39 is 27.0 Å². The van der Waals surface area contributed by atoms with Crippen molar-refractivity contribution >= 4 is 21.4 Å². The van der Waals surface area contributed by atoms with Crippen molar-refractivity contribution in [3.05, 3.63) is 111 Å². The van der Waals surface area contributed by atoms with Crippen molar-refractivity contribution in [3.8, 4) is 16.8 Å². The normalized spacial score (nSPS) is 11.5. The minimum atomic E-state index is -3.38. The summed E-state index contributed by atoms with van der Waals surface area (Å²) < 4.78 is 51.7. The summed E-state index contributed by atoms with van der Waals surface area (Å²) in [6.07, 6.45) is 2.76. The molecule has 3 aromatic carbocycles. The Labute approximate surface area is 193 Å². The highest BCUT2D eigenvalue weighted by molar-refractivity contribution is 7.90. The van der Waals surface area contributed by atoms with Crippen molar-refractivity contribution in [2.24, 2.45) is 0 Å². The molecule has 33 heavy (non-hydrogen) atoms. The SMILES string of the molecule is CS(=O)(=O)c1ccc(-c2cnn(-c3ccc(F)c(Cl)c3)c(=O)c2Cc2ccc(F)cc2)cc1. The van der Waals surface area contributed by atoms with Crippen LogP contribution in [0.2, 0.25) is 5.02 Å². The van der Waals surface area contributed by atoms with Crippen LogP contribution in [-0.4, -0.2) is 24.5 Å². The molecule has 0 fully saturated rings. The molecule has 4 rings (SSSR count). The number of rotatable bonds is 5. The van der Waals surface area contributed by atoms with Crippen LogP contribution in [0.3, 0.4) is 0 Å². The Morgan fingerprint density at radius 2 is 1.64 bits per heavy atom. The molecule has 0 saturated carbocycles. The molecule has 0 spiro atoms. The van der Waals surface area contributed by atoms with Gasteiger partial charge in [0.25, 0.3) is 5.56 Å². The first kappa shape index (κ1) is 22.8. The lowest BCUT2D eigenvalue weighted by molar-refractivity contribution is 0.602. The average Bonchev–Trinajstić information content (AvgIpc) is 2.78. The number of hydrogen-bond donors (Lipinski definition) is 0. The summed E-state index contributed by atoms with van der Waals surface area (Å²) in [6, 6.07) is 15.7. The van der Waals surface area contributed by atoms with E-state index in [2.05, 4.69) is 5.10 Å². The molecule has 0 N–H and O–H groups in total. The van der Waals surface area contributed by atoms with Crippen LogP contribution in [0.15, 0.2) is 82.6 Å². The van der Waals surface area contributed by atoms with Gasteiger partial charge >= 0.3 is 0 Å². The summed E-state index contributed by atoms with van der Waals surface area (Å²) >= 11 is 5.88. The van der Waals surface area contributed by atoms with E-state index in [1.807, 2.05) is 0 Å². The molecule has 0 saturated heterocycles. The molecule has 0 aliphatic carbocycles. The zero-order chi connectivity index (χ0) is 23.8. The minimum Gasteiger partial charge on any atom is -0.267 e. The fraction of sp³-hybridized carbons (Fsp3) is 0.0833. The maximum Gasteiger partial charge on any atom is 0.275 e. The molecule has 0 bridgehead atoms. The molecular formula is C24H17ClF2N2O3S. The summed E-state index contributed by atoms with van der Waals surface area (Å²) in [5.74, 6) is -1.02. The van der Waals surface area contributed by atoms with Gasteiger partial charge in [-0.1, -0.05) is 35.9 Å². The third kappa shape index (κ3) is 4.86. The smallest absolute Gasteiger partial charge is 0.267 e. The zero-order valence-electron chi connectivity index (χ0n) is 17.3. The lowest BCUT2D eigenvalue weighted by Gasteiger charge is -2.13. The second kappa shape index (κ2) is 8.88. The van der Waals surface area contributed by atoms with Gasteiger partial charge in [0.1, 0.15) is 11.6 Å².